The summed E-state index contributed by atoms with van der Waals surface area (Å²) in [5, 5.41) is 9.13. The van der Waals surface area contributed by atoms with Crippen molar-refractivity contribution in [1.82, 2.24) is 4.90 Å². The lowest BCUT2D eigenvalue weighted by Gasteiger charge is -2.27. The molecule has 0 spiro atoms. The second-order valence-corrected chi connectivity index (χ2v) is 6.12. The molecule has 1 aliphatic carbocycles. The number of amides is 2. The fraction of sp³-hybridized carbons (Fsp3) is 0.769. The molecule has 100 valence electrons. The molecule has 2 amide bonds. The first kappa shape index (κ1) is 13.1. The van der Waals surface area contributed by atoms with Crippen LogP contribution in [0.25, 0.3) is 0 Å². The van der Waals surface area contributed by atoms with Crippen LogP contribution in [0.4, 0.5) is 0 Å². The van der Waals surface area contributed by atoms with Crippen LogP contribution >= 0.6 is 0 Å². The van der Waals surface area contributed by atoms with Crippen molar-refractivity contribution in [3.05, 3.63) is 0 Å². The molecule has 1 heterocycles. The van der Waals surface area contributed by atoms with Crippen molar-refractivity contribution >= 4 is 17.8 Å². The Kier molecular flexibility index (Phi) is 2.76. The Hall–Kier alpha value is -1.39. The van der Waals surface area contributed by atoms with Crippen LogP contribution in [0.5, 0.6) is 0 Å². The number of carbonyl (C=O) groups is 3. The van der Waals surface area contributed by atoms with E-state index in [1.807, 2.05) is 13.8 Å². The number of hydrogen-bond acceptors (Lipinski definition) is 3. The van der Waals surface area contributed by atoms with Crippen molar-refractivity contribution in [2.45, 2.75) is 40.0 Å². The van der Waals surface area contributed by atoms with Gasteiger partial charge in [-0.15, -0.1) is 0 Å². The Bertz CT molecular complexity index is 425. The lowest BCUT2D eigenvalue weighted by molar-refractivity contribution is -0.148. The van der Waals surface area contributed by atoms with E-state index >= 15 is 0 Å². The monoisotopic (exact) mass is 253 g/mol. The molecular formula is C13H19NO4. The van der Waals surface area contributed by atoms with E-state index in [0.717, 1.165) is 0 Å². The zero-order valence-electron chi connectivity index (χ0n) is 11.0. The molecule has 1 saturated heterocycles. The standard InChI is InChI=1S/C13H19NO4/c1-8(2)12(3)6-9(15)14(10(12)16)7-13(4-5-13)11(17)18/h8H,4-7H2,1-3H3,(H,17,18). The summed E-state index contributed by atoms with van der Waals surface area (Å²) in [5.74, 6) is -1.28. The third-order valence-electron chi connectivity index (χ3n) is 4.60. The van der Waals surface area contributed by atoms with Crippen LogP contribution in [-0.4, -0.2) is 34.3 Å². The Morgan fingerprint density at radius 3 is 2.28 bits per heavy atom. The van der Waals surface area contributed by atoms with Gasteiger partial charge in [-0.2, -0.15) is 0 Å². The molecule has 0 aromatic heterocycles. The van der Waals surface area contributed by atoms with Gasteiger partial charge in [0.15, 0.2) is 0 Å². The minimum absolute atomic E-state index is 0.0440. The van der Waals surface area contributed by atoms with Crippen LogP contribution in [-0.2, 0) is 14.4 Å². The maximum absolute atomic E-state index is 12.3. The third-order valence-corrected chi connectivity index (χ3v) is 4.60. The molecule has 18 heavy (non-hydrogen) atoms. The molecule has 0 aromatic carbocycles. The average molecular weight is 253 g/mol. The number of carbonyl (C=O) groups excluding carboxylic acids is 2. The molecule has 2 fully saturated rings. The maximum atomic E-state index is 12.3. The highest BCUT2D eigenvalue weighted by Gasteiger charge is 2.57. The zero-order valence-corrected chi connectivity index (χ0v) is 11.0. The van der Waals surface area contributed by atoms with Crippen molar-refractivity contribution in [1.29, 1.82) is 0 Å². The second kappa shape index (κ2) is 3.80. The summed E-state index contributed by atoms with van der Waals surface area (Å²) < 4.78 is 0. The number of rotatable bonds is 4. The van der Waals surface area contributed by atoms with Crippen molar-refractivity contribution < 1.29 is 19.5 Å². The highest BCUT2D eigenvalue weighted by Crippen LogP contribution is 2.49. The first-order chi connectivity index (χ1) is 8.23. The maximum Gasteiger partial charge on any atom is 0.311 e. The Morgan fingerprint density at radius 2 is 1.94 bits per heavy atom. The number of likely N-dealkylation sites (tertiary alicyclic amines) is 1. The van der Waals surface area contributed by atoms with E-state index < -0.39 is 16.8 Å². The average Bonchev–Trinajstić information content (AvgIpc) is 3.01. The number of nitrogens with zero attached hydrogens (tertiary/aromatic N) is 1. The van der Waals surface area contributed by atoms with Crippen molar-refractivity contribution in [2.24, 2.45) is 16.7 Å². The van der Waals surface area contributed by atoms with Crippen LogP contribution in [0.3, 0.4) is 0 Å². The van der Waals surface area contributed by atoms with Gasteiger partial charge in [0.25, 0.3) is 0 Å². The van der Waals surface area contributed by atoms with Crippen LogP contribution in [0.2, 0.25) is 0 Å². The first-order valence-corrected chi connectivity index (χ1v) is 6.31. The van der Waals surface area contributed by atoms with Gasteiger partial charge in [-0.3, -0.25) is 19.3 Å². The van der Waals surface area contributed by atoms with Gasteiger partial charge < -0.3 is 5.11 Å². The van der Waals surface area contributed by atoms with E-state index in [1.54, 1.807) is 6.92 Å². The molecule has 0 radical (unpaired) electrons. The number of carboxylic acids is 1. The van der Waals surface area contributed by atoms with Gasteiger partial charge in [0.2, 0.25) is 11.8 Å². The highest BCUT2D eigenvalue weighted by molar-refractivity contribution is 6.06. The smallest absolute Gasteiger partial charge is 0.311 e. The first-order valence-electron chi connectivity index (χ1n) is 6.31. The van der Waals surface area contributed by atoms with Gasteiger partial charge in [0.05, 0.1) is 10.8 Å². The predicted molar refractivity (Wildman–Crippen MR) is 63.6 cm³/mol. The minimum atomic E-state index is -0.902. The quantitative estimate of drug-likeness (QED) is 0.766. The summed E-state index contributed by atoms with van der Waals surface area (Å²) in [6, 6.07) is 0. The molecule has 5 nitrogen and oxygen atoms in total. The van der Waals surface area contributed by atoms with Crippen molar-refractivity contribution in [3.63, 3.8) is 0 Å². The summed E-state index contributed by atoms with van der Waals surface area (Å²) in [4.78, 5) is 36.6. The molecule has 1 atom stereocenters. The van der Waals surface area contributed by atoms with Crippen LogP contribution in [0, 0.1) is 16.7 Å². The molecule has 1 aliphatic heterocycles. The minimum Gasteiger partial charge on any atom is -0.481 e. The fourth-order valence-corrected chi connectivity index (χ4v) is 2.41. The van der Waals surface area contributed by atoms with Gasteiger partial charge in [0, 0.05) is 13.0 Å². The van der Waals surface area contributed by atoms with E-state index in [-0.39, 0.29) is 30.7 Å². The number of carboxylic acid groups (broad SMARTS) is 1. The molecule has 0 aromatic rings. The van der Waals surface area contributed by atoms with Crippen LogP contribution < -0.4 is 0 Å². The molecule has 2 aliphatic rings. The van der Waals surface area contributed by atoms with Gasteiger partial charge in [-0.1, -0.05) is 13.8 Å². The zero-order chi connectivity index (χ0) is 13.7. The third kappa shape index (κ3) is 1.72. The predicted octanol–water partition coefficient (Wildman–Crippen LogP) is 1.27. The lowest BCUT2D eigenvalue weighted by atomic mass is 9.78. The molecule has 1 unspecified atom stereocenters. The van der Waals surface area contributed by atoms with E-state index in [0.29, 0.717) is 12.8 Å². The van der Waals surface area contributed by atoms with E-state index in [1.165, 1.54) is 4.90 Å². The number of imide groups is 1. The van der Waals surface area contributed by atoms with Gasteiger partial charge >= 0.3 is 5.97 Å². The van der Waals surface area contributed by atoms with Gasteiger partial charge in [0.1, 0.15) is 0 Å². The summed E-state index contributed by atoms with van der Waals surface area (Å²) in [6.45, 7) is 5.66. The van der Waals surface area contributed by atoms with Crippen LogP contribution in [0.15, 0.2) is 0 Å². The van der Waals surface area contributed by atoms with E-state index in [9.17, 15) is 14.4 Å². The summed E-state index contributed by atoms with van der Waals surface area (Å²) >= 11 is 0. The van der Waals surface area contributed by atoms with Crippen molar-refractivity contribution in [3.8, 4) is 0 Å². The normalized spacial score (nSPS) is 30.1. The molecule has 0 bridgehead atoms. The Labute approximate surface area is 106 Å². The topological polar surface area (TPSA) is 74.7 Å². The molecule has 2 rings (SSSR count). The van der Waals surface area contributed by atoms with Crippen molar-refractivity contribution in [2.75, 3.05) is 6.54 Å². The SMILES string of the molecule is CC(C)C1(C)CC(=O)N(CC2(C(=O)O)CC2)C1=O. The Balaban J connectivity index is 2.18. The summed E-state index contributed by atoms with van der Waals surface area (Å²) in [6.07, 6.45) is 1.30. The van der Waals surface area contributed by atoms with Gasteiger partial charge in [-0.25, -0.2) is 0 Å². The highest BCUT2D eigenvalue weighted by atomic mass is 16.4. The van der Waals surface area contributed by atoms with Gasteiger partial charge in [-0.05, 0) is 25.7 Å². The molecule has 1 saturated carbocycles. The number of hydrogen-bond donors (Lipinski definition) is 1. The lowest BCUT2D eigenvalue weighted by Crippen LogP contribution is -2.41. The summed E-state index contributed by atoms with van der Waals surface area (Å²) in [7, 11) is 0. The number of aliphatic carboxylic acids is 1. The second-order valence-electron chi connectivity index (χ2n) is 6.12. The van der Waals surface area contributed by atoms with Crippen LogP contribution in [0.1, 0.15) is 40.0 Å². The molecule has 1 N–H and O–H groups in total. The van der Waals surface area contributed by atoms with E-state index in [4.69, 9.17) is 5.11 Å². The largest absolute Gasteiger partial charge is 0.481 e. The Morgan fingerprint density at radius 1 is 1.39 bits per heavy atom. The fourth-order valence-electron chi connectivity index (χ4n) is 2.41. The molecule has 5 heteroatoms. The van der Waals surface area contributed by atoms with E-state index in [2.05, 4.69) is 0 Å². The molecular weight excluding hydrogens is 234 g/mol. The summed E-state index contributed by atoms with van der Waals surface area (Å²) in [5.41, 5.74) is -1.54.